The van der Waals surface area contributed by atoms with Gasteiger partial charge < -0.3 is 5.32 Å². The molecule has 1 heterocycles. The van der Waals surface area contributed by atoms with Crippen molar-refractivity contribution in [1.82, 2.24) is 4.98 Å². The Morgan fingerprint density at radius 1 is 1.25 bits per heavy atom. The first kappa shape index (κ1) is 18.6. The molecule has 5 nitrogen and oxygen atoms in total. The average molecular weight is 367 g/mol. The topological polar surface area (TPSA) is 76.1 Å². The number of anilines is 1. The molecule has 0 fully saturated rings. The number of thiazole rings is 1. The van der Waals surface area contributed by atoms with Gasteiger partial charge in [-0.15, -0.1) is 11.3 Å². The highest BCUT2D eigenvalue weighted by molar-refractivity contribution is 7.91. The third kappa shape index (κ3) is 5.14. The van der Waals surface area contributed by atoms with E-state index in [1.54, 1.807) is 24.3 Å². The van der Waals surface area contributed by atoms with Crippen molar-refractivity contribution in [3.63, 3.8) is 0 Å². The summed E-state index contributed by atoms with van der Waals surface area (Å²) in [6, 6.07) is 6.75. The number of hydrogen-bond donors (Lipinski definition) is 1. The number of sulfone groups is 1. The first-order valence-electron chi connectivity index (χ1n) is 7.82. The molecule has 0 unspecified atom stereocenters. The van der Waals surface area contributed by atoms with Gasteiger partial charge in [0.05, 0.1) is 16.3 Å². The number of nitrogens with zero attached hydrogens (tertiary/aromatic N) is 1. The summed E-state index contributed by atoms with van der Waals surface area (Å²) in [7, 11) is -3.35. The van der Waals surface area contributed by atoms with Crippen molar-refractivity contribution in [2.24, 2.45) is 0 Å². The molecule has 2 aromatic rings. The Labute approximate surface area is 147 Å². The maximum absolute atomic E-state index is 12.2. The standard InChI is InChI=1S/C17H22N2O3S2/c1-12(2)15-11-23-17(18-15)19-16(20)5-4-10-24(21,22)14-8-6-13(3)7-9-14/h6-9,11-12H,4-5,10H2,1-3H3,(H,18,19,20). The lowest BCUT2D eigenvalue weighted by atomic mass is 10.2. The Morgan fingerprint density at radius 3 is 2.50 bits per heavy atom. The highest BCUT2D eigenvalue weighted by Gasteiger charge is 2.15. The number of carbonyl (C=O) groups excluding carboxylic acids is 1. The first-order valence-corrected chi connectivity index (χ1v) is 10.4. The smallest absolute Gasteiger partial charge is 0.226 e. The zero-order valence-corrected chi connectivity index (χ0v) is 15.7. The molecule has 0 bridgehead atoms. The number of aromatic nitrogens is 1. The van der Waals surface area contributed by atoms with Crippen LogP contribution in [0.4, 0.5) is 5.13 Å². The minimum absolute atomic E-state index is 0.0431. The number of nitrogens with one attached hydrogen (secondary N) is 1. The minimum atomic E-state index is -3.35. The van der Waals surface area contributed by atoms with Crippen LogP contribution in [0.25, 0.3) is 0 Å². The fourth-order valence-electron chi connectivity index (χ4n) is 2.08. The molecule has 0 spiro atoms. The number of carbonyl (C=O) groups is 1. The molecule has 0 saturated carbocycles. The van der Waals surface area contributed by atoms with E-state index in [9.17, 15) is 13.2 Å². The lowest BCUT2D eigenvalue weighted by Crippen LogP contribution is -2.14. The van der Waals surface area contributed by atoms with Crippen LogP contribution in [0.5, 0.6) is 0 Å². The highest BCUT2D eigenvalue weighted by Crippen LogP contribution is 2.21. The van der Waals surface area contributed by atoms with E-state index in [4.69, 9.17) is 0 Å². The predicted molar refractivity (Wildman–Crippen MR) is 97.3 cm³/mol. The van der Waals surface area contributed by atoms with Gasteiger partial charge in [0.2, 0.25) is 5.91 Å². The van der Waals surface area contributed by atoms with E-state index in [0.717, 1.165) is 11.3 Å². The van der Waals surface area contributed by atoms with Crippen molar-refractivity contribution in [2.75, 3.05) is 11.1 Å². The molecule has 130 valence electrons. The van der Waals surface area contributed by atoms with Crippen LogP contribution in [-0.2, 0) is 14.6 Å². The van der Waals surface area contributed by atoms with Crippen molar-refractivity contribution in [1.29, 1.82) is 0 Å². The van der Waals surface area contributed by atoms with Crippen LogP contribution in [0, 0.1) is 6.92 Å². The molecule has 1 N–H and O–H groups in total. The van der Waals surface area contributed by atoms with E-state index >= 15 is 0 Å². The molecule has 1 aromatic carbocycles. The second kappa shape index (κ2) is 7.90. The minimum Gasteiger partial charge on any atom is -0.302 e. The molecule has 7 heteroatoms. The van der Waals surface area contributed by atoms with Gasteiger partial charge >= 0.3 is 0 Å². The average Bonchev–Trinajstić information content (AvgIpc) is 2.96. The Balaban J connectivity index is 1.84. The number of hydrogen-bond acceptors (Lipinski definition) is 5. The molecule has 2 rings (SSSR count). The van der Waals surface area contributed by atoms with Gasteiger partial charge in [0, 0.05) is 11.8 Å². The molecule has 0 radical (unpaired) electrons. The van der Waals surface area contributed by atoms with Gasteiger partial charge in [0.1, 0.15) is 0 Å². The Morgan fingerprint density at radius 2 is 1.92 bits per heavy atom. The van der Waals surface area contributed by atoms with E-state index in [1.165, 1.54) is 11.3 Å². The van der Waals surface area contributed by atoms with Crippen molar-refractivity contribution in [3.05, 3.63) is 40.9 Å². The molecular formula is C17H22N2O3S2. The van der Waals surface area contributed by atoms with Crippen molar-refractivity contribution in [3.8, 4) is 0 Å². The first-order chi connectivity index (χ1) is 11.3. The van der Waals surface area contributed by atoms with Crippen LogP contribution in [0.1, 0.15) is 43.9 Å². The third-order valence-electron chi connectivity index (χ3n) is 3.56. The fraction of sp³-hybridized carbons (Fsp3) is 0.412. The molecule has 1 aromatic heterocycles. The third-order valence-corrected chi connectivity index (χ3v) is 6.15. The van der Waals surface area contributed by atoms with Gasteiger partial charge in [-0.1, -0.05) is 31.5 Å². The van der Waals surface area contributed by atoms with Crippen molar-refractivity contribution in [2.45, 2.75) is 44.4 Å². The maximum atomic E-state index is 12.2. The number of amides is 1. The number of aryl methyl sites for hydroxylation is 1. The summed E-state index contributed by atoms with van der Waals surface area (Å²) in [5.74, 6) is 0.0591. The van der Waals surface area contributed by atoms with Crippen molar-refractivity contribution >= 4 is 32.2 Å². The Bertz CT molecular complexity index is 793. The molecule has 0 atom stereocenters. The summed E-state index contributed by atoms with van der Waals surface area (Å²) in [5.41, 5.74) is 1.95. The van der Waals surface area contributed by atoms with Gasteiger partial charge in [-0.3, -0.25) is 4.79 Å². The van der Waals surface area contributed by atoms with Crippen molar-refractivity contribution < 1.29 is 13.2 Å². The zero-order valence-electron chi connectivity index (χ0n) is 14.1. The van der Waals surface area contributed by atoms with Gasteiger partial charge in [-0.2, -0.15) is 0 Å². The van der Waals surface area contributed by atoms with E-state index in [-0.39, 0.29) is 24.5 Å². The molecule has 0 aliphatic rings. The lowest BCUT2D eigenvalue weighted by molar-refractivity contribution is -0.116. The largest absolute Gasteiger partial charge is 0.302 e. The summed E-state index contributed by atoms with van der Waals surface area (Å²) in [5, 5.41) is 5.20. The summed E-state index contributed by atoms with van der Waals surface area (Å²) >= 11 is 1.38. The summed E-state index contributed by atoms with van der Waals surface area (Å²) in [4.78, 5) is 16.6. The van der Waals surface area contributed by atoms with E-state index < -0.39 is 9.84 Å². The maximum Gasteiger partial charge on any atom is 0.226 e. The summed E-state index contributed by atoms with van der Waals surface area (Å²) < 4.78 is 24.4. The normalized spacial score (nSPS) is 11.7. The van der Waals surface area contributed by atoms with Crippen LogP contribution < -0.4 is 5.32 Å². The number of rotatable bonds is 7. The Hall–Kier alpha value is -1.73. The number of benzene rings is 1. The van der Waals surface area contributed by atoms with Gasteiger partial charge in [0.25, 0.3) is 0 Å². The molecule has 0 aliphatic carbocycles. The van der Waals surface area contributed by atoms with Crippen LogP contribution in [0.2, 0.25) is 0 Å². The van der Waals surface area contributed by atoms with E-state index in [2.05, 4.69) is 10.3 Å². The monoisotopic (exact) mass is 366 g/mol. The summed E-state index contributed by atoms with van der Waals surface area (Å²) in [6.45, 7) is 5.98. The molecule has 0 saturated heterocycles. The lowest BCUT2D eigenvalue weighted by Gasteiger charge is -2.05. The van der Waals surface area contributed by atoms with Crippen LogP contribution in [0.15, 0.2) is 34.5 Å². The van der Waals surface area contributed by atoms with Crippen LogP contribution in [0.3, 0.4) is 0 Å². The highest BCUT2D eigenvalue weighted by atomic mass is 32.2. The van der Waals surface area contributed by atoms with E-state index in [0.29, 0.717) is 15.9 Å². The molecule has 0 aliphatic heterocycles. The second-order valence-electron chi connectivity index (χ2n) is 6.02. The Kier molecular flexibility index (Phi) is 6.12. The van der Waals surface area contributed by atoms with Gasteiger partial charge in [-0.25, -0.2) is 13.4 Å². The molecular weight excluding hydrogens is 344 g/mol. The quantitative estimate of drug-likeness (QED) is 0.809. The summed E-state index contributed by atoms with van der Waals surface area (Å²) in [6.07, 6.45) is 0.437. The predicted octanol–water partition coefficient (Wildman–Crippen LogP) is 3.77. The van der Waals surface area contributed by atoms with Crippen LogP contribution in [-0.4, -0.2) is 25.1 Å². The molecule has 1 amide bonds. The van der Waals surface area contributed by atoms with Gasteiger partial charge in [0.15, 0.2) is 15.0 Å². The second-order valence-corrected chi connectivity index (χ2v) is 8.98. The van der Waals surface area contributed by atoms with Gasteiger partial charge in [-0.05, 0) is 31.4 Å². The zero-order chi connectivity index (χ0) is 17.7. The fourth-order valence-corrected chi connectivity index (χ4v) is 4.28. The SMILES string of the molecule is Cc1ccc(S(=O)(=O)CCCC(=O)Nc2nc(C(C)C)cs2)cc1. The molecule has 24 heavy (non-hydrogen) atoms. The van der Waals surface area contributed by atoms with E-state index in [1.807, 2.05) is 26.2 Å². The van der Waals surface area contributed by atoms with Crippen LogP contribution >= 0.6 is 11.3 Å².